The summed E-state index contributed by atoms with van der Waals surface area (Å²) >= 11 is 5.85. The Bertz CT molecular complexity index is 1330. The summed E-state index contributed by atoms with van der Waals surface area (Å²) < 4.78 is 45.5. The van der Waals surface area contributed by atoms with Crippen LogP contribution in [0.4, 0.5) is 13.2 Å². The van der Waals surface area contributed by atoms with Crippen molar-refractivity contribution in [1.29, 1.82) is 0 Å². The van der Waals surface area contributed by atoms with Crippen LogP contribution in [0.25, 0.3) is 16.9 Å². The molecule has 4 rings (SSSR count). The van der Waals surface area contributed by atoms with Gasteiger partial charge in [0, 0.05) is 18.1 Å². The molecule has 0 saturated heterocycles. The lowest BCUT2D eigenvalue weighted by Crippen LogP contribution is -2.36. The van der Waals surface area contributed by atoms with Crippen molar-refractivity contribution < 1.29 is 32.5 Å². The summed E-state index contributed by atoms with van der Waals surface area (Å²) in [6, 6.07) is 11.8. The van der Waals surface area contributed by atoms with E-state index in [-0.39, 0.29) is 39.8 Å². The van der Waals surface area contributed by atoms with E-state index in [0.29, 0.717) is 34.1 Å². The molecule has 0 radical (unpaired) electrons. The van der Waals surface area contributed by atoms with Gasteiger partial charge in [0.15, 0.2) is 17.8 Å². The molecule has 1 fully saturated rings. The van der Waals surface area contributed by atoms with Crippen molar-refractivity contribution in [1.82, 2.24) is 0 Å². The van der Waals surface area contributed by atoms with E-state index >= 15 is 0 Å². The van der Waals surface area contributed by atoms with Crippen LogP contribution < -0.4 is 9.47 Å². The van der Waals surface area contributed by atoms with E-state index in [4.69, 9.17) is 11.6 Å². The van der Waals surface area contributed by atoms with Crippen LogP contribution in [0.15, 0.2) is 61.3 Å². The molecule has 0 spiro atoms. The minimum absolute atomic E-state index is 0.0137. The number of rotatable bonds is 10. The smallest absolute Gasteiger partial charge is 0.387 e. The minimum Gasteiger partial charge on any atom is -0.618 e. The van der Waals surface area contributed by atoms with Gasteiger partial charge in [0.1, 0.15) is 17.4 Å². The van der Waals surface area contributed by atoms with Gasteiger partial charge in [-0.05, 0) is 48.4 Å². The second-order valence-corrected chi connectivity index (χ2v) is 9.74. The SMILES string of the molecule is C=C(O)c1ccc(CC(=O)C(CC2CC2C)c2ccc(-c3c(OC(F)F)ccc(Cl)c3F)c[n+]2[O-])cc1. The Morgan fingerprint density at radius 2 is 1.89 bits per heavy atom. The molecule has 37 heavy (non-hydrogen) atoms. The summed E-state index contributed by atoms with van der Waals surface area (Å²) in [7, 11) is 0. The summed E-state index contributed by atoms with van der Waals surface area (Å²) in [5.74, 6) is -1.68. The van der Waals surface area contributed by atoms with Crippen LogP contribution in [0, 0.1) is 22.9 Å². The summed E-state index contributed by atoms with van der Waals surface area (Å²) in [6.07, 6.45) is 2.55. The van der Waals surface area contributed by atoms with E-state index in [9.17, 15) is 28.3 Å². The zero-order chi connectivity index (χ0) is 26.9. The van der Waals surface area contributed by atoms with Gasteiger partial charge in [-0.2, -0.15) is 13.5 Å². The lowest BCUT2D eigenvalue weighted by Gasteiger charge is -2.17. The van der Waals surface area contributed by atoms with Gasteiger partial charge in [-0.25, -0.2) is 4.39 Å². The molecule has 1 aromatic heterocycles. The maximum Gasteiger partial charge on any atom is 0.387 e. The van der Waals surface area contributed by atoms with Gasteiger partial charge < -0.3 is 15.1 Å². The van der Waals surface area contributed by atoms with Crippen LogP contribution in [0.3, 0.4) is 0 Å². The van der Waals surface area contributed by atoms with Crippen LogP contribution in [0.5, 0.6) is 5.75 Å². The Kier molecular flexibility index (Phi) is 7.78. The highest BCUT2D eigenvalue weighted by Crippen LogP contribution is 2.45. The molecule has 3 atom stereocenters. The molecule has 5 nitrogen and oxygen atoms in total. The number of carbonyl (C=O) groups excluding carboxylic acids is 1. The maximum atomic E-state index is 14.8. The zero-order valence-electron chi connectivity index (χ0n) is 20.0. The third-order valence-electron chi connectivity index (χ3n) is 6.73. The Morgan fingerprint density at radius 1 is 1.22 bits per heavy atom. The van der Waals surface area contributed by atoms with Crippen molar-refractivity contribution >= 4 is 23.1 Å². The second-order valence-electron chi connectivity index (χ2n) is 9.33. The largest absolute Gasteiger partial charge is 0.618 e. The maximum absolute atomic E-state index is 14.8. The van der Waals surface area contributed by atoms with Gasteiger partial charge in [0.2, 0.25) is 5.69 Å². The normalized spacial score (nSPS) is 17.5. The number of nitrogens with zero attached hydrogens (tertiary/aromatic N) is 1. The molecular formula is C28H25ClF3NO4. The monoisotopic (exact) mass is 531 g/mol. The summed E-state index contributed by atoms with van der Waals surface area (Å²) in [6.45, 7) is 2.35. The van der Waals surface area contributed by atoms with E-state index in [2.05, 4.69) is 18.2 Å². The van der Waals surface area contributed by atoms with Gasteiger partial charge in [0.05, 0.1) is 16.1 Å². The number of halogens is 4. The van der Waals surface area contributed by atoms with Crippen molar-refractivity contribution in [2.45, 2.75) is 38.7 Å². The molecule has 0 amide bonds. The fraction of sp³-hybridized carbons (Fsp3) is 0.286. The summed E-state index contributed by atoms with van der Waals surface area (Å²) in [5, 5.41) is 22.3. The number of aliphatic hydroxyl groups is 1. The average molecular weight is 532 g/mol. The predicted octanol–water partition coefficient (Wildman–Crippen LogP) is 6.85. The number of ether oxygens (including phenoxy) is 1. The number of Topliss-reactive ketones (excluding diaryl/α,β-unsaturated/α-hetero) is 1. The molecule has 1 saturated carbocycles. The number of benzene rings is 2. The number of carbonyl (C=O) groups is 1. The standard InChI is InChI=1S/C28H25ClF3NO4/c1-15-11-20(15)13-21(24(35)12-17-3-5-18(6-4-17)16(2)34)23-9-7-19(14-33(23)36)26-25(37-28(31)32)10-8-22(29)27(26)30/h3-10,14-15,20-21,28,34H,2,11-13H2,1H3. The third-order valence-corrected chi connectivity index (χ3v) is 7.02. The number of aromatic nitrogens is 1. The van der Waals surface area contributed by atoms with E-state index in [1.807, 2.05) is 0 Å². The molecule has 2 aromatic carbocycles. The van der Waals surface area contributed by atoms with Crippen LogP contribution in [-0.2, 0) is 11.2 Å². The lowest BCUT2D eigenvalue weighted by molar-refractivity contribution is -0.614. The number of hydrogen-bond donors (Lipinski definition) is 1. The predicted molar refractivity (Wildman–Crippen MR) is 134 cm³/mol. The number of hydrogen-bond acceptors (Lipinski definition) is 4. The highest BCUT2D eigenvalue weighted by Gasteiger charge is 2.39. The number of pyridine rings is 1. The van der Waals surface area contributed by atoms with Crippen molar-refractivity contribution in [3.05, 3.63) is 94.2 Å². The first kappa shape index (κ1) is 26.5. The van der Waals surface area contributed by atoms with E-state index < -0.39 is 24.1 Å². The molecule has 0 aliphatic heterocycles. The molecule has 0 bridgehead atoms. The van der Waals surface area contributed by atoms with Crippen molar-refractivity contribution in [2.75, 3.05) is 0 Å². The Balaban J connectivity index is 1.66. The first-order chi connectivity index (χ1) is 17.5. The average Bonchev–Trinajstić information content (AvgIpc) is 3.54. The molecule has 1 aliphatic carbocycles. The second kappa shape index (κ2) is 10.8. The molecule has 1 aliphatic rings. The third kappa shape index (κ3) is 6.07. The number of alkyl halides is 2. The Labute approximate surface area is 217 Å². The van der Waals surface area contributed by atoms with Gasteiger partial charge in [-0.15, -0.1) is 0 Å². The van der Waals surface area contributed by atoms with Gasteiger partial charge >= 0.3 is 6.61 Å². The van der Waals surface area contributed by atoms with Crippen LogP contribution in [0.1, 0.15) is 42.5 Å². The van der Waals surface area contributed by atoms with Crippen molar-refractivity contribution in [2.24, 2.45) is 11.8 Å². The van der Waals surface area contributed by atoms with E-state index in [1.165, 1.54) is 12.1 Å². The van der Waals surface area contributed by atoms with Crippen LogP contribution >= 0.6 is 11.6 Å². The zero-order valence-corrected chi connectivity index (χ0v) is 20.7. The van der Waals surface area contributed by atoms with Gasteiger partial charge in [-0.3, -0.25) is 4.79 Å². The molecule has 1 heterocycles. The van der Waals surface area contributed by atoms with Gasteiger partial charge in [0.25, 0.3) is 0 Å². The molecule has 9 heteroatoms. The molecule has 3 unspecified atom stereocenters. The Hall–Kier alpha value is -3.52. The fourth-order valence-corrected chi connectivity index (χ4v) is 4.65. The summed E-state index contributed by atoms with van der Waals surface area (Å²) in [4.78, 5) is 13.4. The highest BCUT2D eigenvalue weighted by atomic mass is 35.5. The molecular weight excluding hydrogens is 507 g/mol. The Morgan fingerprint density at radius 3 is 2.46 bits per heavy atom. The molecule has 1 N–H and O–H groups in total. The van der Waals surface area contributed by atoms with Crippen LogP contribution in [-0.4, -0.2) is 17.5 Å². The van der Waals surface area contributed by atoms with E-state index in [0.717, 1.165) is 24.8 Å². The topological polar surface area (TPSA) is 73.5 Å². The molecule has 194 valence electrons. The first-order valence-electron chi connectivity index (χ1n) is 11.7. The lowest BCUT2D eigenvalue weighted by atomic mass is 9.88. The number of aliphatic hydroxyl groups excluding tert-OH is 1. The van der Waals surface area contributed by atoms with Crippen molar-refractivity contribution in [3.8, 4) is 16.9 Å². The van der Waals surface area contributed by atoms with Crippen molar-refractivity contribution in [3.63, 3.8) is 0 Å². The summed E-state index contributed by atoms with van der Waals surface area (Å²) in [5.41, 5.74) is 1.06. The number of ketones is 1. The van der Waals surface area contributed by atoms with E-state index in [1.54, 1.807) is 24.3 Å². The molecule has 3 aromatic rings. The quantitative estimate of drug-likeness (QED) is 0.176. The fourth-order valence-electron chi connectivity index (χ4n) is 4.49. The minimum atomic E-state index is -3.20. The first-order valence-corrected chi connectivity index (χ1v) is 12.1. The van der Waals surface area contributed by atoms with Gasteiger partial charge in [-0.1, -0.05) is 49.4 Å². The van der Waals surface area contributed by atoms with Crippen LogP contribution in [0.2, 0.25) is 5.02 Å². The highest BCUT2D eigenvalue weighted by molar-refractivity contribution is 6.31.